The van der Waals surface area contributed by atoms with Gasteiger partial charge in [0.25, 0.3) is 0 Å². The third-order valence-corrected chi connectivity index (χ3v) is 3.20. The van der Waals surface area contributed by atoms with E-state index in [-0.39, 0.29) is 6.04 Å². The van der Waals surface area contributed by atoms with Crippen molar-refractivity contribution >= 4 is 0 Å². The zero-order valence-corrected chi connectivity index (χ0v) is 10.8. The first-order valence-electron chi connectivity index (χ1n) is 6.06. The largest absolute Gasteiger partial charge is 0.323 e. The van der Waals surface area contributed by atoms with Crippen molar-refractivity contribution in [1.29, 1.82) is 0 Å². The van der Waals surface area contributed by atoms with Crippen molar-refractivity contribution in [3.05, 3.63) is 18.0 Å². The minimum Gasteiger partial charge on any atom is -0.323 e. The van der Waals surface area contributed by atoms with Crippen LogP contribution in [0.15, 0.2) is 12.4 Å². The number of aromatic nitrogens is 2. The Hall–Kier alpha value is -0.870. The Morgan fingerprint density at radius 1 is 1.50 bits per heavy atom. The van der Waals surface area contributed by atoms with Gasteiger partial charge in [0.1, 0.15) is 0 Å². The van der Waals surface area contributed by atoms with Gasteiger partial charge in [-0.2, -0.15) is 5.10 Å². The lowest BCUT2D eigenvalue weighted by Gasteiger charge is -2.29. The lowest BCUT2D eigenvalue weighted by Crippen LogP contribution is -2.38. The second-order valence-electron chi connectivity index (χ2n) is 4.40. The maximum atomic E-state index is 6.18. The van der Waals surface area contributed by atoms with Crippen molar-refractivity contribution in [2.75, 3.05) is 13.1 Å². The zero-order chi connectivity index (χ0) is 12.1. The normalized spacial score (nSPS) is 15.4. The molecule has 1 heterocycles. The summed E-state index contributed by atoms with van der Waals surface area (Å²) in [6.45, 7) is 8.59. The van der Waals surface area contributed by atoms with Gasteiger partial charge in [0.15, 0.2) is 0 Å². The summed E-state index contributed by atoms with van der Waals surface area (Å²) in [5.74, 6) is 0. The second-order valence-corrected chi connectivity index (χ2v) is 4.40. The molecule has 0 aliphatic heterocycles. The van der Waals surface area contributed by atoms with Crippen molar-refractivity contribution in [1.82, 2.24) is 14.7 Å². The first kappa shape index (κ1) is 13.2. The third-order valence-electron chi connectivity index (χ3n) is 3.20. The standard InChI is InChI=1S/C12H24N4/c1-5-10(3)16(6-2)9-12(13)11-7-14-15(4)8-11/h7-8,10,12H,5-6,9,13H2,1-4H3. The van der Waals surface area contributed by atoms with Crippen LogP contribution in [0.25, 0.3) is 0 Å². The number of rotatable bonds is 6. The van der Waals surface area contributed by atoms with Crippen LogP contribution in [0.3, 0.4) is 0 Å². The van der Waals surface area contributed by atoms with Crippen LogP contribution >= 0.6 is 0 Å². The Labute approximate surface area is 98.4 Å². The minimum atomic E-state index is 0.0580. The maximum Gasteiger partial charge on any atom is 0.0537 e. The SMILES string of the molecule is CCC(C)N(CC)CC(N)c1cnn(C)c1. The molecular formula is C12H24N4. The van der Waals surface area contributed by atoms with Gasteiger partial charge in [-0.3, -0.25) is 9.58 Å². The summed E-state index contributed by atoms with van der Waals surface area (Å²) in [4.78, 5) is 2.41. The lowest BCUT2D eigenvalue weighted by atomic mass is 10.1. The zero-order valence-electron chi connectivity index (χ0n) is 10.8. The highest BCUT2D eigenvalue weighted by Gasteiger charge is 2.16. The predicted octanol–water partition coefficient (Wildman–Crippen LogP) is 1.54. The highest BCUT2D eigenvalue weighted by molar-refractivity contribution is 5.10. The summed E-state index contributed by atoms with van der Waals surface area (Å²) in [5, 5.41) is 4.15. The van der Waals surface area contributed by atoms with Crippen LogP contribution in [-0.2, 0) is 7.05 Å². The molecule has 1 aromatic rings. The Bertz CT molecular complexity index is 308. The van der Waals surface area contributed by atoms with Crippen molar-refractivity contribution in [2.45, 2.75) is 39.3 Å². The number of nitrogens with two attached hydrogens (primary N) is 1. The fraction of sp³-hybridized carbons (Fsp3) is 0.750. The number of nitrogens with zero attached hydrogens (tertiary/aromatic N) is 3. The molecule has 0 radical (unpaired) electrons. The molecule has 2 atom stereocenters. The van der Waals surface area contributed by atoms with Crippen LogP contribution in [-0.4, -0.2) is 33.8 Å². The topological polar surface area (TPSA) is 47.1 Å². The molecule has 2 N–H and O–H groups in total. The van der Waals surface area contributed by atoms with E-state index in [2.05, 4.69) is 30.8 Å². The molecule has 0 spiro atoms. The lowest BCUT2D eigenvalue weighted by molar-refractivity contribution is 0.202. The molecule has 2 unspecified atom stereocenters. The number of likely N-dealkylation sites (N-methyl/N-ethyl adjacent to an activating group) is 1. The summed E-state index contributed by atoms with van der Waals surface area (Å²) in [7, 11) is 1.92. The predicted molar refractivity (Wildman–Crippen MR) is 67.1 cm³/mol. The maximum absolute atomic E-state index is 6.18. The average Bonchev–Trinajstić information content (AvgIpc) is 2.71. The number of hydrogen-bond donors (Lipinski definition) is 1. The van der Waals surface area contributed by atoms with Crippen molar-refractivity contribution in [3.8, 4) is 0 Å². The highest BCUT2D eigenvalue weighted by Crippen LogP contribution is 2.13. The second kappa shape index (κ2) is 6.01. The van der Waals surface area contributed by atoms with Gasteiger partial charge in [0.2, 0.25) is 0 Å². The molecule has 0 saturated heterocycles. The molecule has 0 aromatic carbocycles. The Balaban J connectivity index is 2.58. The summed E-state index contributed by atoms with van der Waals surface area (Å²) in [6, 6.07) is 0.648. The van der Waals surface area contributed by atoms with E-state index in [4.69, 9.17) is 5.73 Å². The van der Waals surface area contributed by atoms with Crippen molar-refractivity contribution in [2.24, 2.45) is 12.8 Å². The summed E-state index contributed by atoms with van der Waals surface area (Å²) >= 11 is 0. The van der Waals surface area contributed by atoms with Crippen molar-refractivity contribution < 1.29 is 0 Å². The van der Waals surface area contributed by atoms with Gasteiger partial charge in [-0.15, -0.1) is 0 Å². The summed E-state index contributed by atoms with van der Waals surface area (Å²) < 4.78 is 1.80. The van der Waals surface area contributed by atoms with Gasteiger partial charge < -0.3 is 5.73 Å². The van der Waals surface area contributed by atoms with Crippen LogP contribution in [0.2, 0.25) is 0 Å². The first-order chi connectivity index (χ1) is 7.58. The van der Waals surface area contributed by atoms with Crippen LogP contribution in [0.4, 0.5) is 0 Å². The molecular weight excluding hydrogens is 200 g/mol. The quantitative estimate of drug-likeness (QED) is 0.797. The van der Waals surface area contributed by atoms with Crippen LogP contribution < -0.4 is 5.73 Å². The van der Waals surface area contributed by atoms with E-state index in [1.807, 2.05) is 19.4 Å². The first-order valence-corrected chi connectivity index (χ1v) is 6.06. The van der Waals surface area contributed by atoms with Crippen LogP contribution in [0.1, 0.15) is 38.8 Å². The van der Waals surface area contributed by atoms with Gasteiger partial charge in [-0.05, 0) is 19.9 Å². The Morgan fingerprint density at radius 2 is 2.19 bits per heavy atom. The minimum absolute atomic E-state index is 0.0580. The molecule has 4 heteroatoms. The molecule has 0 amide bonds. The van der Waals surface area contributed by atoms with Gasteiger partial charge in [-0.25, -0.2) is 0 Å². The Kier molecular flexibility index (Phi) is 4.96. The molecule has 92 valence electrons. The Morgan fingerprint density at radius 3 is 2.62 bits per heavy atom. The molecule has 0 bridgehead atoms. The molecule has 0 aliphatic rings. The molecule has 0 fully saturated rings. The smallest absolute Gasteiger partial charge is 0.0537 e. The van der Waals surface area contributed by atoms with E-state index in [1.54, 1.807) is 4.68 Å². The molecule has 0 aliphatic carbocycles. The summed E-state index contributed by atoms with van der Waals surface area (Å²) in [5.41, 5.74) is 7.30. The van der Waals surface area contributed by atoms with E-state index in [0.717, 1.165) is 25.1 Å². The fourth-order valence-electron chi connectivity index (χ4n) is 1.87. The number of aryl methyl sites for hydroxylation is 1. The van der Waals surface area contributed by atoms with E-state index >= 15 is 0 Å². The van der Waals surface area contributed by atoms with Gasteiger partial charge in [-0.1, -0.05) is 13.8 Å². The average molecular weight is 224 g/mol. The van der Waals surface area contributed by atoms with Gasteiger partial charge in [0.05, 0.1) is 6.20 Å². The van der Waals surface area contributed by atoms with Gasteiger partial charge >= 0.3 is 0 Å². The molecule has 1 aromatic heterocycles. The summed E-state index contributed by atoms with van der Waals surface area (Å²) in [6.07, 6.45) is 5.01. The molecule has 1 rings (SSSR count). The highest BCUT2D eigenvalue weighted by atomic mass is 15.2. The van der Waals surface area contributed by atoms with E-state index in [9.17, 15) is 0 Å². The van der Waals surface area contributed by atoms with E-state index < -0.39 is 0 Å². The number of hydrogen-bond acceptors (Lipinski definition) is 3. The van der Waals surface area contributed by atoms with Crippen molar-refractivity contribution in [3.63, 3.8) is 0 Å². The monoisotopic (exact) mass is 224 g/mol. The van der Waals surface area contributed by atoms with Gasteiger partial charge in [0, 0.05) is 37.4 Å². The molecule has 4 nitrogen and oxygen atoms in total. The third kappa shape index (κ3) is 3.32. The van der Waals surface area contributed by atoms with Crippen LogP contribution in [0.5, 0.6) is 0 Å². The van der Waals surface area contributed by atoms with Crippen LogP contribution in [0, 0.1) is 0 Å². The molecule has 0 saturated carbocycles. The van der Waals surface area contributed by atoms with E-state index in [0.29, 0.717) is 6.04 Å². The molecule has 16 heavy (non-hydrogen) atoms. The fourth-order valence-corrected chi connectivity index (χ4v) is 1.87. The van der Waals surface area contributed by atoms with E-state index in [1.165, 1.54) is 0 Å².